The molecule has 4 aromatic rings. The number of carbonyl (C=O) groups excluding carboxylic acids is 2. The average Bonchev–Trinajstić information content (AvgIpc) is 3.44. The van der Waals surface area contributed by atoms with E-state index in [1.807, 2.05) is 0 Å². The van der Waals surface area contributed by atoms with Crippen LogP contribution < -0.4 is 38.1 Å². The van der Waals surface area contributed by atoms with Crippen LogP contribution in [0.3, 0.4) is 0 Å². The van der Waals surface area contributed by atoms with Gasteiger partial charge in [0, 0.05) is 17.2 Å². The van der Waals surface area contributed by atoms with Crippen LogP contribution in [0.4, 0.5) is 10.1 Å². The van der Waals surface area contributed by atoms with Crippen molar-refractivity contribution in [3.05, 3.63) is 70.0 Å². The number of carboxylic acid groups (broad SMARTS) is 1. The zero-order valence-electron chi connectivity index (χ0n) is 30.0. The number of rotatable bonds is 12. The molecule has 0 saturated heterocycles. The molecule has 286 valence electrons. The maximum atomic E-state index is 14.4. The molecule has 2 aliphatic rings. The Kier molecular flexibility index (Phi) is 12.5. The summed E-state index contributed by atoms with van der Waals surface area (Å²) in [6.07, 6.45) is 7.47. The molecule has 2 aromatic heterocycles. The number of ether oxygens (including phenoxy) is 7. The van der Waals surface area contributed by atoms with E-state index in [2.05, 4.69) is 25.9 Å². The van der Waals surface area contributed by atoms with Crippen molar-refractivity contribution in [2.75, 3.05) is 33.3 Å². The van der Waals surface area contributed by atoms with Gasteiger partial charge in [0.05, 0.1) is 51.3 Å². The van der Waals surface area contributed by atoms with Gasteiger partial charge in [-0.1, -0.05) is 23.6 Å². The van der Waals surface area contributed by atoms with Crippen LogP contribution in [-0.4, -0.2) is 77.4 Å². The highest BCUT2D eigenvalue weighted by atomic mass is 35.5. The number of benzene rings is 2. The molecule has 0 saturated carbocycles. The Bertz CT molecular complexity index is 2060. The number of aromatic nitrogens is 4. The van der Waals surface area contributed by atoms with Crippen LogP contribution in [-0.2, 0) is 9.59 Å². The van der Waals surface area contributed by atoms with E-state index in [-0.39, 0.29) is 69.1 Å². The van der Waals surface area contributed by atoms with Gasteiger partial charge < -0.3 is 38.3 Å². The van der Waals surface area contributed by atoms with Crippen molar-refractivity contribution in [1.82, 2.24) is 19.9 Å². The number of hydrogen-bond donors (Lipinski definition) is 1. The lowest BCUT2D eigenvalue weighted by atomic mass is 9.93. The maximum Gasteiger partial charge on any atom is 0.343 e. The molecule has 16 nitrogen and oxygen atoms in total. The van der Waals surface area contributed by atoms with Crippen LogP contribution in [0.2, 0.25) is 5.02 Å². The zero-order valence-corrected chi connectivity index (χ0v) is 30.8. The largest absolute Gasteiger partial charge is 0.481 e. The fraction of sp³-hybridized carbons (Fsp3) is 0.270. The molecule has 1 aliphatic heterocycles. The van der Waals surface area contributed by atoms with Gasteiger partial charge in [-0.15, -0.1) is 6.42 Å². The van der Waals surface area contributed by atoms with Crippen molar-refractivity contribution >= 4 is 35.1 Å². The average molecular weight is 778 g/mol. The number of anilines is 1. The van der Waals surface area contributed by atoms with Gasteiger partial charge >= 0.3 is 18.0 Å². The Morgan fingerprint density at radius 2 is 1.27 bits per heavy atom. The van der Waals surface area contributed by atoms with E-state index in [0.717, 1.165) is 23.8 Å². The molecule has 0 fully saturated rings. The smallest absolute Gasteiger partial charge is 0.343 e. The maximum absolute atomic E-state index is 14.4. The lowest BCUT2D eigenvalue weighted by molar-refractivity contribution is -0.120. The van der Waals surface area contributed by atoms with E-state index >= 15 is 0 Å². The molecule has 6 rings (SSSR count). The Labute approximate surface area is 318 Å². The highest BCUT2D eigenvalue weighted by molar-refractivity contribution is 6.34. The minimum absolute atomic E-state index is 0.0233. The molecular formula is C37H33ClFN5O11. The van der Waals surface area contributed by atoms with E-state index in [0.29, 0.717) is 24.0 Å². The molecule has 2 amide bonds. The van der Waals surface area contributed by atoms with Gasteiger partial charge in [-0.2, -0.15) is 19.9 Å². The van der Waals surface area contributed by atoms with Gasteiger partial charge in [-0.25, -0.2) is 14.1 Å². The van der Waals surface area contributed by atoms with Crippen LogP contribution in [0, 0.1) is 18.2 Å². The quantitative estimate of drug-likeness (QED) is 0.126. The van der Waals surface area contributed by atoms with E-state index in [9.17, 15) is 23.9 Å². The van der Waals surface area contributed by atoms with Gasteiger partial charge in [0.1, 0.15) is 28.6 Å². The number of carbonyl (C=O) groups is 3. The van der Waals surface area contributed by atoms with Crippen LogP contribution in [0.15, 0.2) is 53.6 Å². The minimum atomic E-state index is -1.32. The number of amides is 2. The summed E-state index contributed by atoms with van der Waals surface area (Å²) in [4.78, 5) is 54.1. The predicted octanol–water partition coefficient (Wildman–Crippen LogP) is 6.21. The SMILES string of the molecule is C#CC(C)Oc1cc(N2C(=O)C3=C(CCCC3)C2=O)c(F)cc1Cl.COc1cc(OC)nc(Oc2cccc(Oc3nc(OC)cc(OC)n3)c2C(=O)O)n1. The summed E-state index contributed by atoms with van der Waals surface area (Å²) in [5.74, 6) is -0.0143. The van der Waals surface area contributed by atoms with Crippen LogP contribution in [0.1, 0.15) is 43.0 Å². The fourth-order valence-corrected chi connectivity index (χ4v) is 5.52. The lowest BCUT2D eigenvalue weighted by Gasteiger charge is -2.19. The third kappa shape index (κ3) is 8.93. The number of halogens is 2. The van der Waals surface area contributed by atoms with E-state index in [1.54, 1.807) is 6.92 Å². The molecular weight excluding hydrogens is 745 g/mol. The van der Waals surface area contributed by atoms with Gasteiger partial charge in [0.15, 0.2) is 6.10 Å². The first kappa shape index (κ1) is 39.5. The molecule has 18 heteroatoms. The molecule has 55 heavy (non-hydrogen) atoms. The van der Waals surface area contributed by atoms with Gasteiger partial charge in [0.25, 0.3) is 11.8 Å². The van der Waals surface area contributed by atoms with Crippen molar-refractivity contribution in [3.8, 4) is 65.1 Å². The van der Waals surface area contributed by atoms with Crippen molar-refractivity contribution in [1.29, 1.82) is 0 Å². The van der Waals surface area contributed by atoms with Crippen molar-refractivity contribution in [3.63, 3.8) is 0 Å². The second-order valence-corrected chi connectivity index (χ2v) is 11.8. The monoisotopic (exact) mass is 777 g/mol. The topological polar surface area (TPSA) is 191 Å². The Hall–Kier alpha value is -6.67. The molecule has 1 atom stereocenters. The molecule has 0 spiro atoms. The summed E-state index contributed by atoms with van der Waals surface area (Å²) in [5.41, 5.74) is 0.501. The second-order valence-electron chi connectivity index (χ2n) is 11.4. The first-order chi connectivity index (χ1) is 26.4. The third-order valence-corrected chi connectivity index (χ3v) is 8.22. The summed E-state index contributed by atoms with van der Waals surface area (Å²) >= 11 is 5.97. The van der Waals surface area contributed by atoms with Crippen molar-refractivity contribution in [2.45, 2.75) is 38.7 Å². The zero-order chi connectivity index (χ0) is 39.8. The number of aromatic carboxylic acids is 1. The molecule has 2 aromatic carbocycles. The van der Waals surface area contributed by atoms with Gasteiger partial charge in [0.2, 0.25) is 23.5 Å². The highest BCUT2D eigenvalue weighted by Crippen LogP contribution is 2.40. The summed E-state index contributed by atoms with van der Waals surface area (Å²) in [5, 5.41) is 9.79. The minimum Gasteiger partial charge on any atom is -0.481 e. The Balaban J connectivity index is 0.000000218. The Morgan fingerprint density at radius 1 is 0.818 bits per heavy atom. The number of nitrogens with zero attached hydrogens (tertiary/aromatic N) is 5. The van der Waals surface area contributed by atoms with Gasteiger partial charge in [-0.3, -0.25) is 9.59 Å². The van der Waals surface area contributed by atoms with Gasteiger partial charge in [-0.05, 0) is 50.8 Å². The third-order valence-electron chi connectivity index (χ3n) is 7.93. The van der Waals surface area contributed by atoms with E-state index < -0.39 is 29.7 Å². The molecule has 1 aliphatic carbocycles. The van der Waals surface area contributed by atoms with Crippen LogP contribution in [0.5, 0.6) is 52.8 Å². The Morgan fingerprint density at radius 3 is 1.67 bits per heavy atom. The second kappa shape index (κ2) is 17.4. The summed E-state index contributed by atoms with van der Waals surface area (Å²) in [7, 11) is 5.63. The van der Waals surface area contributed by atoms with Crippen LogP contribution in [0.25, 0.3) is 0 Å². The summed E-state index contributed by atoms with van der Waals surface area (Å²) in [6.45, 7) is 1.63. The molecule has 3 heterocycles. The summed E-state index contributed by atoms with van der Waals surface area (Å²) < 4.78 is 51.3. The lowest BCUT2D eigenvalue weighted by Crippen LogP contribution is -2.32. The normalized spacial score (nSPS) is 13.8. The first-order valence-corrected chi connectivity index (χ1v) is 16.7. The standard InChI is InChI=1S/C19H18N4O8.C18H15ClFNO3/c1-26-12-8-13(27-2)21-18(20-12)30-10-6-5-7-11(16(10)17(24)25)31-19-22-14(28-3)9-15(23-19)29-4;1-3-10(2)24-16-9-15(14(20)8-13(16)19)21-17(22)11-6-4-5-7-12(11)18(21)23/h5-9H,1-4H3,(H,24,25);1,8-10H,4-7H2,2H3. The fourth-order valence-electron chi connectivity index (χ4n) is 5.33. The molecule has 1 unspecified atom stereocenters. The van der Waals surface area contributed by atoms with Crippen LogP contribution >= 0.6 is 11.6 Å². The van der Waals surface area contributed by atoms with Crippen molar-refractivity contribution in [2.24, 2.45) is 0 Å². The number of hydrogen-bond acceptors (Lipinski definition) is 14. The number of carboxylic acids is 1. The molecule has 0 bridgehead atoms. The van der Waals surface area contributed by atoms with E-state index in [4.69, 9.17) is 51.2 Å². The van der Waals surface area contributed by atoms with E-state index in [1.165, 1.54) is 64.8 Å². The van der Waals surface area contributed by atoms with Crippen molar-refractivity contribution < 1.29 is 57.0 Å². The first-order valence-electron chi connectivity index (χ1n) is 16.3. The predicted molar refractivity (Wildman–Crippen MR) is 192 cm³/mol. The molecule has 1 N–H and O–H groups in total. The number of terminal acetylenes is 1. The highest BCUT2D eigenvalue weighted by Gasteiger charge is 2.41. The number of methoxy groups -OCH3 is 4. The molecule has 0 radical (unpaired) electrons. The summed E-state index contributed by atoms with van der Waals surface area (Å²) in [6, 6.07) is 9.14. The number of imide groups is 1.